The number of hydrogen-bond acceptors (Lipinski definition) is 4. The zero-order valence-corrected chi connectivity index (χ0v) is 18.1. The van der Waals surface area contributed by atoms with Crippen molar-refractivity contribution in [2.45, 2.75) is 37.8 Å². The molecular formula is C25H28N2O2S. The number of piperidine rings is 1. The van der Waals surface area contributed by atoms with Crippen LogP contribution >= 0.6 is 11.3 Å². The predicted molar refractivity (Wildman–Crippen MR) is 125 cm³/mol. The van der Waals surface area contributed by atoms with Crippen molar-refractivity contribution in [2.75, 3.05) is 19.7 Å². The third-order valence-corrected chi connectivity index (χ3v) is 7.55. The molecule has 0 unspecified atom stereocenters. The molecule has 0 saturated carbocycles. The first kappa shape index (κ1) is 19.6. The van der Waals surface area contributed by atoms with Crippen LogP contribution in [0.3, 0.4) is 0 Å². The van der Waals surface area contributed by atoms with Crippen LogP contribution in [0.5, 0.6) is 5.75 Å². The number of rotatable bonds is 6. The summed E-state index contributed by atoms with van der Waals surface area (Å²) in [6, 6.07) is 19.5. The van der Waals surface area contributed by atoms with E-state index in [1.54, 1.807) is 0 Å². The molecule has 2 aromatic carbocycles. The van der Waals surface area contributed by atoms with Crippen molar-refractivity contribution in [2.24, 2.45) is 0 Å². The topological polar surface area (TPSA) is 48.5 Å². The van der Waals surface area contributed by atoms with E-state index < -0.39 is 6.10 Å². The summed E-state index contributed by atoms with van der Waals surface area (Å²) in [4.78, 5) is 7.10. The minimum atomic E-state index is -0.491. The molecule has 2 N–H and O–H groups in total. The van der Waals surface area contributed by atoms with E-state index in [0.717, 1.165) is 36.0 Å². The lowest BCUT2D eigenvalue weighted by Crippen LogP contribution is -2.45. The maximum atomic E-state index is 10.6. The molecule has 1 saturated heterocycles. The fourth-order valence-corrected chi connectivity index (χ4v) is 5.80. The molecule has 3 atom stereocenters. The van der Waals surface area contributed by atoms with Crippen LogP contribution in [0.25, 0.3) is 21.0 Å². The highest BCUT2D eigenvalue weighted by molar-refractivity contribution is 7.19. The van der Waals surface area contributed by atoms with Crippen LogP contribution in [-0.4, -0.2) is 46.8 Å². The quantitative estimate of drug-likeness (QED) is 0.440. The van der Waals surface area contributed by atoms with Crippen LogP contribution in [0.4, 0.5) is 0 Å². The highest BCUT2D eigenvalue weighted by Crippen LogP contribution is 2.38. The van der Waals surface area contributed by atoms with Crippen LogP contribution in [-0.2, 0) is 0 Å². The SMILES string of the molecule is C[C@H]1C[C@H](c2cc3ccccc3s2)CCN1C[C@H](O)COc1ccc2[nH]ccc2c1. The number of H-pyrrole nitrogens is 1. The van der Waals surface area contributed by atoms with Crippen molar-refractivity contribution >= 4 is 32.3 Å². The molecule has 1 aliphatic heterocycles. The van der Waals surface area contributed by atoms with E-state index in [9.17, 15) is 5.11 Å². The molecule has 0 amide bonds. The number of hydrogen-bond donors (Lipinski definition) is 2. The largest absolute Gasteiger partial charge is 0.491 e. The number of benzene rings is 2. The molecule has 2 aromatic heterocycles. The van der Waals surface area contributed by atoms with E-state index in [0.29, 0.717) is 25.1 Å². The monoisotopic (exact) mass is 420 g/mol. The van der Waals surface area contributed by atoms with E-state index in [2.05, 4.69) is 47.1 Å². The maximum absolute atomic E-state index is 10.6. The summed E-state index contributed by atoms with van der Waals surface area (Å²) in [6.07, 6.45) is 3.72. The van der Waals surface area contributed by atoms with Gasteiger partial charge in [-0.05, 0) is 74.0 Å². The van der Waals surface area contributed by atoms with Gasteiger partial charge < -0.3 is 14.8 Å². The average molecular weight is 421 g/mol. The highest BCUT2D eigenvalue weighted by atomic mass is 32.1. The molecule has 1 fully saturated rings. The Morgan fingerprint density at radius 3 is 2.93 bits per heavy atom. The number of aromatic amines is 1. The molecule has 1 aliphatic rings. The minimum absolute atomic E-state index is 0.318. The van der Waals surface area contributed by atoms with Gasteiger partial charge in [0.25, 0.3) is 0 Å². The van der Waals surface area contributed by atoms with Crippen LogP contribution in [0.15, 0.2) is 60.8 Å². The number of aliphatic hydroxyl groups excluding tert-OH is 1. The molecule has 3 heterocycles. The number of likely N-dealkylation sites (tertiary alicyclic amines) is 1. The number of aliphatic hydroxyl groups is 1. The van der Waals surface area contributed by atoms with E-state index in [1.165, 1.54) is 15.0 Å². The Bertz CT molecular complexity index is 1100. The summed E-state index contributed by atoms with van der Waals surface area (Å²) < 4.78 is 7.24. The second kappa shape index (κ2) is 8.42. The number of thiophene rings is 1. The van der Waals surface area contributed by atoms with E-state index >= 15 is 0 Å². The van der Waals surface area contributed by atoms with Gasteiger partial charge in [0, 0.05) is 39.3 Å². The third kappa shape index (κ3) is 4.10. The molecule has 156 valence electrons. The molecule has 0 spiro atoms. The maximum Gasteiger partial charge on any atom is 0.120 e. The fourth-order valence-electron chi connectivity index (χ4n) is 4.59. The van der Waals surface area contributed by atoms with Gasteiger partial charge >= 0.3 is 0 Å². The van der Waals surface area contributed by atoms with E-state index in [-0.39, 0.29) is 0 Å². The lowest BCUT2D eigenvalue weighted by molar-refractivity contribution is 0.0404. The Labute approximate surface area is 181 Å². The lowest BCUT2D eigenvalue weighted by atomic mass is 9.90. The molecule has 5 rings (SSSR count). The molecule has 5 heteroatoms. The summed E-state index contributed by atoms with van der Waals surface area (Å²) in [5, 5.41) is 13.0. The zero-order valence-electron chi connectivity index (χ0n) is 17.3. The van der Waals surface area contributed by atoms with E-state index in [4.69, 9.17) is 4.74 Å². The van der Waals surface area contributed by atoms with Crippen LogP contribution in [0.1, 0.15) is 30.6 Å². The van der Waals surface area contributed by atoms with Crippen LogP contribution in [0.2, 0.25) is 0 Å². The van der Waals surface area contributed by atoms with Gasteiger partial charge in [0.05, 0.1) is 0 Å². The lowest BCUT2D eigenvalue weighted by Gasteiger charge is -2.38. The van der Waals surface area contributed by atoms with Gasteiger partial charge in [-0.2, -0.15) is 0 Å². The number of nitrogens with one attached hydrogen (secondary N) is 1. The first-order valence-electron chi connectivity index (χ1n) is 10.8. The second-order valence-corrected chi connectivity index (χ2v) is 9.56. The first-order valence-corrected chi connectivity index (χ1v) is 11.6. The van der Waals surface area contributed by atoms with Crippen molar-refractivity contribution in [1.82, 2.24) is 9.88 Å². The van der Waals surface area contributed by atoms with Crippen LogP contribution < -0.4 is 4.74 Å². The standard InChI is InChI=1S/C25H28N2O2S/c1-17-12-20(25-14-19-4-2-3-5-24(19)30-25)9-11-27(17)15-21(28)16-29-22-6-7-23-18(13-22)8-10-26-23/h2-8,10,13-14,17,20-21,26,28H,9,11-12,15-16H2,1H3/t17-,20+,21-/m0/s1. The molecule has 0 bridgehead atoms. The van der Waals surface area contributed by atoms with Gasteiger partial charge in [0.2, 0.25) is 0 Å². The summed E-state index contributed by atoms with van der Waals surface area (Å²) in [5.41, 5.74) is 1.10. The molecule has 4 nitrogen and oxygen atoms in total. The third-order valence-electron chi connectivity index (χ3n) is 6.27. The highest BCUT2D eigenvalue weighted by Gasteiger charge is 2.28. The van der Waals surface area contributed by atoms with Crippen molar-refractivity contribution in [3.05, 3.63) is 65.7 Å². The van der Waals surface area contributed by atoms with Crippen molar-refractivity contribution in [3.8, 4) is 5.75 Å². The molecule has 0 aliphatic carbocycles. The zero-order chi connectivity index (χ0) is 20.5. The van der Waals surface area contributed by atoms with Gasteiger partial charge in [-0.25, -0.2) is 0 Å². The van der Waals surface area contributed by atoms with Crippen molar-refractivity contribution in [3.63, 3.8) is 0 Å². The number of β-amino-alcohol motifs (C(OH)–C–C–N with tert-alkyl or cyclic N) is 1. The van der Waals surface area contributed by atoms with Gasteiger partial charge in [-0.15, -0.1) is 11.3 Å². The number of aromatic nitrogens is 1. The number of fused-ring (bicyclic) bond motifs is 2. The summed E-state index contributed by atoms with van der Waals surface area (Å²) in [5.74, 6) is 1.42. The normalized spacial score (nSPS) is 21.3. The van der Waals surface area contributed by atoms with E-state index in [1.807, 2.05) is 41.8 Å². The summed E-state index contributed by atoms with van der Waals surface area (Å²) in [7, 11) is 0. The van der Waals surface area contributed by atoms with Crippen molar-refractivity contribution < 1.29 is 9.84 Å². The van der Waals surface area contributed by atoms with Gasteiger partial charge in [-0.1, -0.05) is 18.2 Å². The molecular weight excluding hydrogens is 392 g/mol. The Balaban J connectivity index is 1.15. The second-order valence-electron chi connectivity index (χ2n) is 8.44. The molecule has 4 aromatic rings. The minimum Gasteiger partial charge on any atom is -0.491 e. The average Bonchev–Trinajstić information content (AvgIpc) is 3.40. The number of nitrogens with zero attached hydrogens (tertiary/aromatic N) is 1. The summed E-state index contributed by atoms with van der Waals surface area (Å²) in [6.45, 7) is 4.28. The number of ether oxygens (including phenoxy) is 1. The summed E-state index contributed by atoms with van der Waals surface area (Å²) >= 11 is 1.94. The van der Waals surface area contributed by atoms with Gasteiger partial charge in [0.15, 0.2) is 0 Å². The van der Waals surface area contributed by atoms with Gasteiger partial charge in [-0.3, -0.25) is 4.90 Å². The Hall–Kier alpha value is -2.34. The predicted octanol–water partition coefficient (Wildman–Crippen LogP) is 5.39. The fraction of sp³-hybridized carbons (Fsp3) is 0.360. The molecule has 0 radical (unpaired) electrons. The Morgan fingerprint density at radius 1 is 1.17 bits per heavy atom. The molecule has 30 heavy (non-hydrogen) atoms. The smallest absolute Gasteiger partial charge is 0.120 e. The Morgan fingerprint density at radius 2 is 2.07 bits per heavy atom. The Kier molecular flexibility index (Phi) is 5.50. The first-order chi connectivity index (χ1) is 14.7. The van der Waals surface area contributed by atoms with Crippen LogP contribution in [0, 0.1) is 0 Å². The van der Waals surface area contributed by atoms with Gasteiger partial charge in [0.1, 0.15) is 18.5 Å². The van der Waals surface area contributed by atoms with Crippen molar-refractivity contribution in [1.29, 1.82) is 0 Å².